The van der Waals surface area contributed by atoms with Gasteiger partial charge in [0, 0.05) is 38.1 Å². The maximum Gasteiger partial charge on any atom is 0.244 e. The van der Waals surface area contributed by atoms with Crippen molar-refractivity contribution in [1.82, 2.24) is 15.1 Å². The molecule has 0 radical (unpaired) electrons. The van der Waals surface area contributed by atoms with Crippen LogP contribution < -0.4 is 11.1 Å². The zero-order valence-electron chi connectivity index (χ0n) is 20.5. The van der Waals surface area contributed by atoms with E-state index in [9.17, 15) is 14.4 Å². The van der Waals surface area contributed by atoms with Crippen molar-refractivity contribution in [2.24, 2.45) is 23.5 Å². The first kappa shape index (κ1) is 24.7. The summed E-state index contributed by atoms with van der Waals surface area (Å²) in [6.07, 6.45) is 8.26. The second-order valence-electron chi connectivity index (χ2n) is 10.5. The molecular weight excluding hydrogens is 428 g/mol. The molecule has 0 unspecified atom stereocenters. The van der Waals surface area contributed by atoms with E-state index in [4.69, 9.17) is 5.73 Å². The number of hydrogen-bond donors (Lipinski definition) is 2. The minimum absolute atomic E-state index is 0.0906. The fourth-order valence-electron chi connectivity index (χ4n) is 6.11. The van der Waals surface area contributed by atoms with E-state index in [1.165, 1.54) is 0 Å². The standard InChI is InChI=1S/C27H40N4O3/c1-19-11-13-21(14-12-19)27(34)31-17-15-30(16-18-31)23-10-6-5-9-22(23)26(33)29-24(25(28)32)20-7-3-2-4-8-20/h2-4,7-8,19,21-24H,5-6,9-18H2,1H3,(H2,28,32)(H,29,33)/t19?,21?,22-,23-,24+/m1/s1. The molecule has 0 spiro atoms. The zero-order valence-corrected chi connectivity index (χ0v) is 20.5. The fourth-order valence-corrected chi connectivity index (χ4v) is 6.11. The molecule has 1 aromatic rings. The van der Waals surface area contributed by atoms with Gasteiger partial charge < -0.3 is 16.0 Å². The first-order valence-electron chi connectivity index (χ1n) is 13.1. The summed E-state index contributed by atoms with van der Waals surface area (Å²) >= 11 is 0. The topological polar surface area (TPSA) is 95.7 Å². The highest BCUT2D eigenvalue weighted by atomic mass is 16.2. The van der Waals surface area contributed by atoms with Crippen LogP contribution in [0.1, 0.15) is 69.9 Å². The lowest BCUT2D eigenvalue weighted by Crippen LogP contribution is -2.57. The Labute approximate surface area is 203 Å². The second-order valence-corrected chi connectivity index (χ2v) is 10.5. The van der Waals surface area contributed by atoms with Gasteiger partial charge in [0.1, 0.15) is 6.04 Å². The van der Waals surface area contributed by atoms with Crippen molar-refractivity contribution in [3.63, 3.8) is 0 Å². The van der Waals surface area contributed by atoms with Crippen LogP contribution in [0.5, 0.6) is 0 Å². The molecular formula is C27H40N4O3. The number of carbonyl (C=O) groups excluding carboxylic acids is 3. The zero-order chi connectivity index (χ0) is 24.1. The third-order valence-corrected chi connectivity index (χ3v) is 8.23. The molecule has 3 atom stereocenters. The maximum absolute atomic E-state index is 13.3. The normalized spacial score (nSPS) is 29.3. The molecule has 7 nitrogen and oxygen atoms in total. The Morgan fingerprint density at radius 2 is 1.56 bits per heavy atom. The van der Waals surface area contributed by atoms with E-state index in [2.05, 4.69) is 17.1 Å². The Kier molecular flexibility index (Phi) is 8.24. The summed E-state index contributed by atoms with van der Waals surface area (Å²) in [7, 11) is 0. The molecule has 3 fully saturated rings. The molecule has 2 saturated carbocycles. The van der Waals surface area contributed by atoms with E-state index < -0.39 is 11.9 Å². The number of amides is 3. The van der Waals surface area contributed by atoms with Gasteiger partial charge in [0.25, 0.3) is 0 Å². The molecule has 1 aromatic carbocycles. The molecule has 1 saturated heterocycles. The summed E-state index contributed by atoms with van der Waals surface area (Å²) < 4.78 is 0. The Morgan fingerprint density at radius 3 is 2.21 bits per heavy atom. The van der Waals surface area contributed by atoms with Crippen LogP contribution in [0.4, 0.5) is 0 Å². The summed E-state index contributed by atoms with van der Waals surface area (Å²) in [4.78, 5) is 42.9. The molecule has 2 aliphatic carbocycles. The number of nitrogens with one attached hydrogen (secondary N) is 1. The molecule has 1 heterocycles. The van der Waals surface area contributed by atoms with E-state index >= 15 is 0 Å². The number of rotatable bonds is 6. The summed E-state index contributed by atoms with van der Waals surface area (Å²) in [6, 6.07) is 8.52. The Bertz CT molecular complexity index is 845. The fraction of sp³-hybridized carbons (Fsp3) is 0.667. The lowest BCUT2D eigenvalue weighted by Gasteiger charge is -2.44. The first-order valence-corrected chi connectivity index (χ1v) is 13.1. The number of nitrogens with two attached hydrogens (primary N) is 1. The summed E-state index contributed by atoms with van der Waals surface area (Å²) in [5.74, 6) is 0.465. The van der Waals surface area contributed by atoms with Gasteiger partial charge in [-0.15, -0.1) is 0 Å². The third kappa shape index (κ3) is 5.80. The number of piperazine rings is 1. The van der Waals surface area contributed by atoms with Crippen LogP contribution in [0.15, 0.2) is 30.3 Å². The monoisotopic (exact) mass is 468 g/mol. The molecule has 186 valence electrons. The average Bonchev–Trinajstić information content (AvgIpc) is 2.87. The van der Waals surface area contributed by atoms with E-state index in [0.29, 0.717) is 11.5 Å². The predicted octanol–water partition coefficient (Wildman–Crippen LogP) is 2.86. The molecule has 0 bridgehead atoms. The van der Waals surface area contributed by atoms with Crippen molar-refractivity contribution in [2.45, 2.75) is 70.4 Å². The van der Waals surface area contributed by atoms with Crippen LogP contribution >= 0.6 is 0 Å². The molecule has 34 heavy (non-hydrogen) atoms. The van der Waals surface area contributed by atoms with Crippen molar-refractivity contribution in [3.8, 4) is 0 Å². The first-order chi connectivity index (χ1) is 16.4. The van der Waals surface area contributed by atoms with Crippen molar-refractivity contribution >= 4 is 17.7 Å². The van der Waals surface area contributed by atoms with E-state index in [0.717, 1.165) is 83.5 Å². The van der Waals surface area contributed by atoms with Crippen molar-refractivity contribution in [3.05, 3.63) is 35.9 Å². The van der Waals surface area contributed by atoms with Gasteiger partial charge in [-0.05, 0) is 50.0 Å². The molecule has 3 N–H and O–H groups in total. The summed E-state index contributed by atoms with van der Waals surface area (Å²) in [5.41, 5.74) is 6.34. The lowest BCUT2D eigenvalue weighted by atomic mass is 9.81. The molecule has 4 rings (SSSR count). The van der Waals surface area contributed by atoms with Gasteiger partial charge in [0.05, 0.1) is 5.92 Å². The van der Waals surface area contributed by atoms with Crippen LogP contribution in [0, 0.1) is 17.8 Å². The van der Waals surface area contributed by atoms with Gasteiger partial charge in [0.15, 0.2) is 0 Å². The number of primary amides is 1. The van der Waals surface area contributed by atoms with Gasteiger partial charge in [-0.25, -0.2) is 0 Å². The second kappa shape index (κ2) is 11.3. The number of benzene rings is 1. The Balaban J connectivity index is 1.35. The van der Waals surface area contributed by atoms with Crippen LogP contribution in [0.3, 0.4) is 0 Å². The number of carbonyl (C=O) groups is 3. The smallest absolute Gasteiger partial charge is 0.244 e. The van der Waals surface area contributed by atoms with Gasteiger partial charge >= 0.3 is 0 Å². The van der Waals surface area contributed by atoms with Crippen molar-refractivity contribution in [2.75, 3.05) is 26.2 Å². The largest absolute Gasteiger partial charge is 0.368 e. The van der Waals surface area contributed by atoms with Crippen LogP contribution in [0.25, 0.3) is 0 Å². The van der Waals surface area contributed by atoms with E-state index in [1.54, 1.807) is 0 Å². The Hall–Kier alpha value is -2.41. The molecule has 3 aliphatic rings. The molecule has 7 heteroatoms. The maximum atomic E-state index is 13.3. The Morgan fingerprint density at radius 1 is 0.912 bits per heavy atom. The highest BCUT2D eigenvalue weighted by molar-refractivity contribution is 5.88. The quantitative estimate of drug-likeness (QED) is 0.671. The van der Waals surface area contributed by atoms with Crippen LogP contribution in [-0.4, -0.2) is 59.7 Å². The van der Waals surface area contributed by atoms with Crippen molar-refractivity contribution < 1.29 is 14.4 Å². The molecule has 3 amide bonds. The average molecular weight is 469 g/mol. The molecule has 0 aromatic heterocycles. The minimum atomic E-state index is -0.816. The van der Waals surface area contributed by atoms with Crippen LogP contribution in [0.2, 0.25) is 0 Å². The predicted molar refractivity (Wildman–Crippen MR) is 132 cm³/mol. The minimum Gasteiger partial charge on any atom is -0.368 e. The van der Waals surface area contributed by atoms with E-state index in [1.807, 2.05) is 35.2 Å². The number of nitrogens with zero attached hydrogens (tertiary/aromatic N) is 2. The van der Waals surface area contributed by atoms with Gasteiger partial charge in [-0.1, -0.05) is 50.1 Å². The molecule has 1 aliphatic heterocycles. The van der Waals surface area contributed by atoms with Gasteiger partial charge in [0.2, 0.25) is 17.7 Å². The van der Waals surface area contributed by atoms with Gasteiger partial charge in [-0.2, -0.15) is 0 Å². The van der Waals surface area contributed by atoms with E-state index in [-0.39, 0.29) is 23.8 Å². The highest BCUT2D eigenvalue weighted by Gasteiger charge is 2.38. The summed E-state index contributed by atoms with van der Waals surface area (Å²) in [5, 5.41) is 2.94. The van der Waals surface area contributed by atoms with Gasteiger partial charge in [-0.3, -0.25) is 19.3 Å². The number of hydrogen-bond acceptors (Lipinski definition) is 4. The highest BCUT2D eigenvalue weighted by Crippen LogP contribution is 2.32. The SMILES string of the molecule is CC1CCC(C(=O)N2CCN([C@@H]3CCCC[C@H]3C(=O)N[C@H](C(N)=O)c3ccccc3)CC2)CC1. The van der Waals surface area contributed by atoms with Crippen LogP contribution in [-0.2, 0) is 14.4 Å². The van der Waals surface area contributed by atoms with Crippen molar-refractivity contribution in [1.29, 1.82) is 0 Å². The summed E-state index contributed by atoms with van der Waals surface area (Å²) in [6.45, 7) is 5.37. The lowest BCUT2D eigenvalue weighted by molar-refractivity contribution is -0.140. The third-order valence-electron chi connectivity index (χ3n) is 8.23.